The smallest absolute Gasteiger partial charge is 0.256 e. The minimum atomic E-state index is -3.62. The summed E-state index contributed by atoms with van der Waals surface area (Å²) in [6.45, 7) is 2.13. The van der Waals surface area contributed by atoms with Crippen molar-refractivity contribution >= 4 is 43.2 Å². The van der Waals surface area contributed by atoms with Gasteiger partial charge in [-0.1, -0.05) is 12.8 Å². The lowest BCUT2D eigenvalue weighted by Crippen LogP contribution is -2.26. The van der Waals surface area contributed by atoms with E-state index in [2.05, 4.69) is 30.9 Å². The summed E-state index contributed by atoms with van der Waals surface area (Å²) in [5.74, 6) is -0.354. The third kappa shape index (κ3) is 5.22. The number of sulfonamides is 1. The van der Waals surface area contributed by atoms with Crippen LogP contribution in [0.4, 0.5) is 11.4 Å². The highest BCUT2D eigenvalue weighted by Crippen LogP contribution is 2.26. The zero-order valence-corrected chi connectivity index (χ0v) is 19.1. The van der Waals surface area contributed by atoms with E-state index >= 15 is 0 Å². The second-order valence-electron chi connectivity index (χ2n) is 7.94. The van der Waals surface area contributed by atoms with Crippen LogP contribution >= 0.6 is 15.9 Å². The zero-order chi connectivity index (χ0) is 21.1. The topological polar surface area (TPSA) is 78.5 Å². The molecule has 1 aliphatic carbocycles. The summed E-state index contributed by atoms with van der Waals surface area (Å²) in [5.41, 5.74) is 2.12. The molecule has 160 valence electrons. The third-order valence-electron chi connectivity index (χ3n) is 5.49. The largest absolute Gasteiger partial charge is 0.372 e. The first-order chi connectivity index (χ1) is 14.4. The van der Waals surface area contributed by atoms with Crippen LogP contribution in [-0.4, -0.2) is 33.5 Å². The van der Waals surface area contributed by atoms with Crippen LogP contribution in [0.2, 0.25) is 0 Å². The van der Waals surface area contributed by atoms with Gasteiger partial charge in [-0.05, 0) is 84.1 Å². The maximum absolute atomic E-state index is 12.8. The van der Waals surface area contributed by atoms with Crippen LogP contribution in [-0.2, 0) is 10.0 Å². The Bertz CT molecular complexity index is 1010. The predicted octanol–water partition coefficient (Wildman–Crippen LogP) is 4.52. The first-order valence-electron chi connectivity index (χ1n) is 10.4. The Labute approximate surface area is 186 Å². The molecule has 4 rings (SSSR count). The van der Waals surface area contributed by atoms with Crippen molar-refractivity contribution in [3.8, 4) is 0 Å². The molecule has 30 heavy (non-hydrogen) atoms. The van der Waals surface area contributed by atoms with Gasteiger partial charge in [0.05, 0.1) is 10.5 Å². The number of benzene rings is 2. The monoisotopic (exact) mass is 491 g/mol. The second kappa shape index (κ2) is 9.08. The molecular formula is C22H26BrN3O3S. The van der Waals surface area contributed by atoms with Gasteiger partial charge in [0.1, 0.15) is 0 Å². The van der Waals surface area contributed by atoms with Gasteiger partial charge in [0.15, 0.2) is 0 Å². The van der Waals surface area contributed by atoms with E-state index in [0.717, 1.165) is 31.6 Å². The quantitative estimate of drug-likeness (QED) is 0.622. The average molecular weight is 492 g/mol. The molecule has 1 saturated carbocycles. The Kier molecular flexibility index (Phi) is 6.46. The van der Waals surface area contributed by atoms with Gasteiger partial charge in [0.2, 0.25) is 10.0 Å². The Hall–Kier alpha value is -1.90. The number of rotatable bonds is 6. The van der Waals surface area contributed by atoms with E-state index in [9.17, 15) is 13.2 Å². The molecule has 0 radical (unpaired) electrons. The van der Waals surface area contributed by atoms with Crippen LogP contribution in [0.15, 0.2) is 51.8 Å². The van der Waals surface area contributed by atoms with Crippen molar-refractivity contribution < 1.29 is 13.2 Å². The number of nitrogens with one attached hydrogen (secondary N) is 2. The van der Waals surface area contributed by atoms with Gasteiger partial charge in [-0.25, -0.2) is 13.1 Å². The summed E-state index contributed by atoms with van der Waals surface area (Å²) in [6.07, 6.45) is 6.70. The molecule has 1 saturated heterocycles. The van der Waals surface area contributed by atoms with E-state index in [1.54, 1.807) is 6.07 Å². The first-order valence-corrected chi connectivity index (χ1v) is 12.7. The molecule has 0 aromatic heterocycles. The third-order valence-corrected chi connectivity index (χ3v) is 7.70. The van der Waals surface area contributed by atoms with E-state index in [4.69, 9.17) is 0 Å². The fraction of sp³-hybridized carbons (Fsp3) is 0.409. The fourth-order valence-corrected chi connectivity index (χ4v) is 5.37. The molecule has 0 spiro atoms. The lowest BCUT2D eigenvalue weighted by Gasteiger charge is -2.22. The van der Waals surface area contributed by atoms with Crippen LogP contribution in [0.1, 0.15) is 48.9 Å². The molecule has 2 aromatic carbocycles. The minimum absolute atomic E-state index is 0.0126. The van der Waals surface area contributed by atoms with Gasteiger partial charge in [-0.2, -0.15) is 0 Å². The van der Waals surface area contributed by atoms with E-state index < -0.39 is 10.0 Å². The molecule has 2 aromatic rings. The van der Waals surface area contributed by atoms with Crippen molar-refractivity contribution in [1.29, 1.82) is 0 Å². The predicted molar refractivity (Wildman–Crippen MR) is 123 cm³/mol. The van der Waals surface area contributed by atoms with Crippen LogP contribution < -0.4 is 14.9 Å². The van der Waals surface area contributed by atoms with Crippen molar-refractivity contribution in [3.63, 3.8) is 0 Å². The summed E-state index contributed by atoms with van der Waals surface area (Å²) < 4.78 is 28.1. The Morgan fingerprint density at radius 1 is 0.967 bits per heavy atom. The molecule has 1 aliphatic heterocycles. The number of halogens is 1. The number of carbonyl (C=O) groups excluding carboxylic acids is 1. The zero-order valence-electron chi connectivity index (χ0n) is 16.7. The first kappa shape index (κ1) is 21.3. The number of carbonyl (C=O) groups is 1. The number of hydrogen-bond acceptors (Lipinski definition) is 4. The molecule has 8 heteroatoms. The van der Waals surface area contributed by atoms with Crippen LogP contribution in [0, 0.1) is 0 Å². The van der Waals surface area contributed by atoms with Gasteiger partial charge in [-0.3, -0.25) is 4.79 Å². The molecular weight excluding hydrogens is 466 g/mol. The molecule has 1 amide bonds. The molecule has 2 fully saturated rings. The van der Waals surface area contributed by atoms with Crippen molar-refractivity contribution in [3.05, 3.63) is 52.5 Å². The number of hydrogen-bond donors (Lipinski definition) is 2. The fourth-order valence-electron chi connectivity index (χ4n) is 3.62. The van der Waals surface area contributed by atoms with Crippen LogP contribution in [0.5, 0.6) is 0 Å². The maximum Gasteiger partial charge on any atom is 0.256 e. The summed E-state index contributed by atoms with van der Waals surface area (Å²) in [4.78, 5) is 15.3. The van der Waals surface area contributed by atoms with Gasteiger partial charge in [0, 0.05) is 35.0 Å². The van der Waals surface area contributed by atoms with Gasteiger partial charge < -0.3 is 10.2 Å². The molecule has 1 heterocycles. The van der Waals surface area contributed by atoms with Crippen molar-refractivity contribution in [1.82, 2.24) is 4.72 Å². The van der Waals surface area contributed by atoms with E-state index in [1.165, 1.54) is 37.8 Å². The molecule has 2 aliphatic rings. The Morgan fingerprint density at radius 2 is 1.63 bits per heavy atom. The van der Waals surface area contributed by atoms with Crippen LogP contribution in [0.3, 0.4) is 0 Å². The second-order valence-corrected chi connectivity index (χ2v) is 10.5. The van der Waals surface area contributed by atoms with Crippen LogP contribution in [0.25, 0.3) is 0 Å². The summed E-state index contributed by atoms with van der Waals surface area (Å²) in [7, 11) is -3.62. The lowest BCUT2D eigenvalue weighted by atomic mass is 10.2. The van der Waals surface area contributed by atoms with E-state index in [0.29, 0.717) is 10.2 Å². The van der Waals surface area contributed by atoms with Gasteiger partial charge in [-0.15, -0.1) is 0 Å². The van der Waals surface area contributed by atoms with E-state index in [1.807, 2.05) is 24.3 Å². The molecule has 2 N–H and O–H groups in total. The average Bonchev–Trinajstić information content (AvgIpc) is 3.55. The van der Waals surface area contributed by atoms with Crippen molar-refractivity contribution in [2.75, 3.05) is 23.3 Å². The maximum atomic E-state index is 12.8. The lowest BCUT2D eigenvalue weighted by molar-refractivity contribution is 0.102. The summed E-state index contributed by atoms with van der Waals surface area (Å²) in [5, 5.41) is 2.87. The molecule has 0 unspecified atom stereocenters. The molecule has 0 atom stereocenters. The SMILES string of the molecule is O=C(Nc1ccc(N2CCCCCC2)cc1)c1cc(S(=O)(=O)NC2CC2)ccc1Br. The van der Waals surface area contributed by atoms with Gasteiger partial charge >= 0.3 is 0 Å². The summed E-state index contributed by atoms with van der Waals surface area (Å²) >= 11 is 3.36. The van der Waals surface area contributed by atoms with Gasteiger partial charge in [0.25, 0.3) is 5.91 Å². The Morgan fingerprint density at radius 3 is 2.27 bits per heavy atom. The molecule has 6 nitrogen and oxygen atoms in total. The highest BCUT2D eigenvalue weighted by atomic mass is 79.9. The Balaban J connectivity index is 1.47. The number of nitrogens with zero attached hydrogens (tertiary/aromatic N) is 1. The molecule has 0 bridgehead atoms. The number of amides is 1. The normalized spacial score (nSPS) is 17.4. The summed E-state index contributed by atoms with van der Waals surface area (Å²) in [6, 6.07) is 12.4. The van der Waals surface area contributed by atoms with E-state index in [-0.39, 0.29) is 22.4 Å². The minimum Gasteiger partial charge on any atom is -0.372 e. The highest BCUT2D eigenvalue weighted by molar-refractivity contribution is 9.10. The highest BCUT2D eigenvalue weighted by Gasteiger charge is 2.28. The van der Waals surface area contributed by atoms with Crippen molar-refractivity contribution in [2.45, 2.75) is 49.5 Å². The van der Waals surface area contributed by atoms with Crippen molar-refractivity contribution in [2.24, 2.45) is 0 Å². The standard InChI is InChI=1S/C22H26BrN3O3S/c23-21-12-11-19(30(28,29)25-17-5-6-17)15-20(21)22(27)24-16-7-9-18(10-8-16)26-13-3-1-2-4-14-26/h7-12,15,17,25H,1-6,13-14H2,(H,24,27). The number of anilines is 2.